The first kappa shape index (κ1) is 21.4. The molecule has 6 nitrogen and oxygen atoms in total. The standard InChI is InChI=1S/C24H25BrN4O2/c1-4-30-23-17(10-11-19(25)24(23)31-5-2)16-8-9-18-20(12-16)28-29-21(13-26)22(18)27-14(3)15-6-7-15/h8-12,14-15H,4-7H2,1-3H3,(H,27,28). The zero-order valence-electron chi connectivity index (χ0n) is 17.9. The van der Waals surface area contributed by atoms with Crippen LogP contribution in [-0.4, -0.2) is 29.5 Å². The fourth-order valence-electron chi connectivity index (χ4n) is 3.77. The molecule has 0 spiro atoms. The Balaban J connectivity index is 1.82. The van der Waals surface area contributed by atoms with Crippen molar-refractivity contribution in [2.45, 2.75) is 39.7 Å². The first-order chi connectivity index (χ1) is 15.1. The van der Waals surface area contributed by atoms with Gasteiger partial charge < -0.3 is 14.8 Å². The maximum Gasteiger partial charge on any atom is 0.186 e. The van der Waals surface area contributed by atoms with Crippen LogP contribution >= 0.6 is 15.9 Å². The van der Waals surface area contributed by atoms with Crippen LogP contribution in [0, 0.1) is 17.2 Å². The van der Waals surface area contributed by atoms with Crippen molar-refractivity contribution in [1.82, 2.24) is 10.2 Å². The molecule has 0 bridgehead atoms. The molecule has 1 aliphatic rings. The minimum Gasteiger partial charge on any atom is -0.489 e. The highest BCUT2D eigenvalue weighted by molar-refractivity contribution is 9.10. The van der Waals surface area contributed by atoms with Gasteiger partial charge in [0.1, 0.15) is 6.07 Å². The molecule has 1 N–H and O–H groups in total. The molecule has 1 atom stereocenters. The number of nitrogens with one attached hydrogen (secondary N) is 1. The SMILES string of the molecule is CCOc1c(Br)ccc(-c2ccc3c(NC(C)C4CC4)c(C#N)nnc3c2)c1OCC. The van der Waals surface area contributed by atoms with Crippen molar-refractivity contribution in [2.75, 3.05) is 18.5 Å². The molecule has 1 aromatic heterocycles. The Kier molecular flexibility index (Phi) is 6.28. The van der Waals surface area contributed by atoms with Gasteiger partial charge in [-0.1, -0.05) is 6.07 Å². The van der Waals surface area contributed by atoms with Crippen LogP contribution < -0.4 is 14.8 Å². The van der Waals surface area contributed by atoms with Gasteiger partial charge in [0.2, 0.25) is 0 Å². The van der Waals surface area contributed by atoms with E-state index in [2.05, 4.69) is 44.4 Å². The van der Waals surface area contributed by atoms with Crippen LogP contribution in [-0.2, 0) is 0 Å². The lowest BCUT2D eigenvalue weighted by molar-refractivity contribution is 0.287. The lowest BCUT2D eigenvalue weighted by Gasteiger charge is -2.18. The van der Waals surface area contributed by atoms with Crippen molar-refractivity contribution in [3.8, 4) is 28.7 Å². The van der Waals surface area contributed by atoms with Crippen molar-refractivity contribution in [3.05, 3.63) is 40.5 Å². The van der Waals surface area contributed by atoms with E-state index in [4.69, 9.17) is 9.47 Å². The average Bonchev–Trinajstić information content (AvgIpc) is 3.62. The highest BCUT2D eigenvalue weighted by Gasteiger charge is 2.29. The lowest BCUT2D eigenvalue weighted by atomic mass is 10.0. The summed E-state index contributed by atoms with van der Waals surface area (Å²) in [4.78, 5) is 0. The molecule has 1 saturated carbocycles. The summed E-state index contributed by atoms with van der Waals surface area (Å²) in [6.45, 7) is 7.12. The Labute approximate surface area is 190 Å². The van der Waals surface area contributed by atoms with E-state index in [9.17, 15) is 5.26 Å². The van der Waals surface area contributed by atoms with Gasteiger partial charge in [0.15, 0.2) is 17.2 Å². The molecule has 0 aliphatic heterocycles. The van der Waals surface area contributed by atoms with E-state index in [1.54, 1.807) is 0 Å². The predicted octanol–water partition coefficient (Wildman–Crippen LogP) is 5.94. The van der Waals surface area contributed by atoms with E-state index in [1.165, 1.54) is 12.8 Å². The van der Waals surface area contributed by atoms with Gasteiger partial charge in [-0.2, -0.15) is 5.26 Å². The third-order valence-electron chi connectivity index (χ3n) is 5.52. The number of hydrogen-bond acceptors (Lipinski definition) is 6. The van der Waals surface area contributed by atoms with Crippen LogP contribution in [0.2, 0.25) is 0 Å². The molecular formula is C24H25BrN4O2. The molecule has 160 valence electrons. The molecular weight excluding hydrogens is 456 g/mol. The summed E-state index contributed by atoms with van der Waals surface area (Å²) >= 11 is 3.56. The van der Waals surface area contributed by atoms with Gasteiger partial charge in [-0.15, -0.1) is 10.2 Å². The van der Waals surface area contributed by atoms with E-state index < -0.39 is 0 Å². The van der Waals surface area contributed by atoms with Gasteiger partial charge in [-0.25, -0.2) is 0 Å². The summed E-state index contributed by atoms with van der Waals surface area (Å²) in [5.41, 5.74) is 3.68. The number of fused-ring (bicyclic) bond motifs is 1. The molecule has 1 aliphatic carbocycles. The number of nitriles is 1. The third kappa shape index (κ3) is 4.31. The summed E-state index contributed by atoms with van der Waals surface area (Å²) < 4.78 is 12.7. The zero-order valence-corrected chi connectivity index (χ0v) is 19.5. The fourth-order valence-corrected chi connectivity index (χ4v) is 4.20. The monoisotopic (exact) mass is 480 g/mol. The van der Waals surface area contributed by atoms with E-state index in [0.717, 1.165) is 32.2 Å². The number of aromatic nitrogens is 2. The van der Waals surface area contributed by atoms with E-state index in [1.807, 2.05) is 44.2 Å². The molecule has 4 rings (SSSR count). The number of anilines is 1. The molecule has 2 aromatic carbocycles. The summed E-state index contributed by atoms with van der Waals surface area (Å²) in [6.07, 6.45) is 2.45. The maximum atomic E-state index is 9.55. The topological polar surface area (TPSA) is 80.1 Å². The molecule has 1 fully saturated rings. The second-order valence-corrected chi connectivity index (χ2v) is 8.51. The van der Waals surface area contributed by atoms with Gasteiger partial charge in [-0.05, 0) is 85.3 Å². The van der Waals surface area contributed by atoms with Crippen LogP contribution in [0.1, 0.15) is 39.3 Å². The smallest absolute Gasteiger partial charge is 0.186 e. The van der Waals surface area contributed by atoms with Crippen LogP contribution in [0.15, 0.2) is 34.8 Å². The molecule has 1 unspecified atom stereocenters. The molecule has 3 aromatic rings. The Hall–Kier alpha value is -2.85. The molecule has 0 amide bonds. The minimum atomic E-state index is 0.295. The van der Waals surface area contributed by atoms with Crippen LogP contribution in [0.4, 0.5) is 5.69 Å². The molecule has 31 heavy (non-hydrogen) atoms. The Bertz CT molecular complexity index is 1150. The van der Waals surface area contributed by atoms with Crippen LogP contribution in [0.3, 0.4) is 0 Å². The maximum absolute atomic E-state index is 9.55. The van der Waals surface area contributed by atoms with Crippen molar-refractivity contribution in [2.24, 2.45) is 5.92 Å². The fraction of sp³-hybridized carbons (Fsp3) is 0.375. The van der Waals surface area contributed by atoms with Crippen LogP contribution in [0.5, 0.6) is 11.5 Å². The number of nitrogens with zero attached hydrogens (tertiary/aromatic N) is 3. The Morgan fingerprint density at radius 3 is 2.55 bits per heavy atom. The van der Waals surface area contributed by atoms with Crippen molar-refractivity contribution >= 4 is 32.5 Å². The number of hydrogen-bond donors (Lipinski definition) is 1. The number of halogens is 1. The average molecular weight is 481 g/mol. The zero-order chi connectivity index (χ0) is 22.0. The largest absolute Gasteiger partial charge is 0.489 e. The number of benzene rings is 2. The summed E-state index contributed by atoms with van der Waals surface area (Å²) in [5.74, 6) is 2.04. The highest BCUT2D eigenvalue weighted by Crippen LogP contribution is 2.44. The molecule has 0 saturated heterocycles. The molecule has 0 radical (unpaired) electrons. The van der Waals surface area contributed by atoms with Crippen LogP contribution in [0.25, 0.3) is 22.0 Å². The Morgan fingerprint density at radius 2 is 1.87 bits per heavy atom. The number of ether oxygens (including phenoxy) is 2. The van der Waals surface area contributed by atoms with Gasteiger partial charge in [-0.3, -0.25) is 0 Å². The predicted molar refractivity (Wildman–Crippen MR) is 126 cm³/mol. The number of rotatable bonds is 8. The second kappa shape index (κ2) is 9.11. The Morgan fingerprint density at radius 1 is 1.13 bits per heavy atom. The minimum absolute atomic E-state index is 0.295. The second-order valence-electron chi connectivity index (χ2n) is 7.66. The van der Waals surface area contributed by atoms with Gasteiger partial charge in [0, 0.05) is 17.0 Å². The van der Waals surface area contributed by atoms with Gasteiger partial charge in [0.05, 0.1) is 28.9 Å². The lowest BCUT2D eigenvalue weighted by Crippen LogP contribution is -2.19. The summed E-state index contributed by atoms with van der Waals surface area (Å²) in [5, 5.41) is 22.5. The summed E-state index contributed by atoms with van der Waals surface area (Å²) in [6, 6.07) is 12.4. The van der Waals surface area contributed by atoms with Crippen molar-refractivity contribution < 1.29 is 9.47 Å². The first-order valence-electron chi connectivity index (χ1n) is 10.6. The van der Waals surface area contributed by atoms with Gasteiger partial charge in [0.25, 0.3) is 0 Å². The van der Waals surface area contributed by atoms with E-state index in [-0.39, 0.29) is 0 Å². The molecule has 7 heteroatoms. The highest BCUT2D eigenvalue weighted by atomic mass is 79.9. The van der Waals surface area contributed by atoms with E-state index >= 15 is 0 Å². The molecule has 1 heterocycles. The van der Waals surface area contributed by atoms with Gasteiger partial charge >= 0.3 is 0 Å². The summed E-state index contributed by atoms with van der Waals surface area (Å²) in [7, 11) is 0. The first-order valence-corrected chi connectivity index (χ1v) is 11.4. The van der Waals surface area contributed by atoms with E-state index in [0.29, 0.717) is 42.4 Å². The van der Waals surface area contributed by atoms with Crippen molar-refractivity contribution in [3.63, 3.8) is 0 Å². The quantitative estimate of drug-likeness (QED) is 0.429. The normalized spacial score (nSPS) is 14.2. The van der Waals surface area contributed by atoms with Crippen molar-refractivity contribution in [1.29, 1.82) is 5.26 Å². The third-order valence-corrected chi connectivity index (χ3v) is 6.15.